The van der Waals surface area contributed by atoms with Gasteiger partial charge in [0.15, 0.2) is 5.82 Å². The second-order valence-electron chi connectivity index (χ2n) is 7.30. The number of aromatic nitrogens is 2. The van der Waals surface area contributed by atoms with E-state index in [2.05, 4.69) is 6.92 Å². The molecule has 0 fully saturated rings. The molecule has 0 saturated carbocycles. The third kappa shape index (κ3) is 3.71. The molecular weight excluding hydrogens is 376 g/mol. The van der Waals surface area contributed by atoms with E-state index in [4.69, 9.17) is 19.1 Å². The Hall–Kier alpha value is -3.47. The fourth-order valence-electron chi connectivity index (χ4n) is 3.86. The molecular formula is C25H24N2O3. The molecule has 0 spiro atoms. The maximum absolute atomic E-state index is 12.7. The highest BCUT2D eigenvalue weighted by atomic mass is 16.5. The van der Waals surface area contributed by atoms with Crippen LogP contribution in [-0.2, 0) is 9.53 Å². The number of benzene rings is 2. The normalized spacial score (nSPS) is 12.1. The molecule has 30 heavy (non-hydrogen) atoms. The van der Waals surface area contributed by atoms with E-state index in [1.165, 1.54) is 7.11 Å². The van der Waals surface area contributed by atoms with Crippen LogP contribution in [0, 0.1) is 6.92 Å². The number of carbonyl (C=O) groups is 1. The lowest BCUT2D eigenvalue weighted by Crippen LogP contribution is -2.18. The van der Waals surface area contributed by atoms with Gasteiger partial charge in [-0.05, 0) is 37.6 Å². The van der Waals surface area contributed by atoms with E-state index in [0.717, 1.165) is 45.5 Å². The number of nitrogens with zero attached hydrogens (tertiary/aromatic N) is 2. The predicted molar refractivity (Wildman–Crippen MR) is 117 cm³/mol. The molecule has 0 saturated heterocycles. The first-order chi connectivity index (χ1) is 14.6. The van der Waals surface area contributed by atoms with Gasteiger partial charge in [0, 0.05) is 27.8 Å². The van der Waals surface area contributed by atoms with E-state index in [-0.39, 0.29) is 5.97 Å². The van der Waals surface area contributed by atoms with Crippen LogP contribution in [0.1, 0.15) is 36.9 Å². The van der Waals surface area contributed by atoms with Gasteiger partial charge < -0.3 is 9.15 Å². The molecule has 1 atom stereocenters. The van der Waals surface area contributed by atoms with Gasteiger partial charge in [-0.3, -0.25) is 4.79 Å². The minimum atomic E-state index is -0.417. The molecule has 152 valence electrons. The summed E-state index contributed by atoms with van der Waals surface area (Å²) in [7, 11) is 1.43. The van der Waals surface area contributed by atoms with Gasteiger partial charge in [0.05, 0.1) is 25.0 Å². The van der Waals surface area contributed by atoms with Gasteiger partial charge in [0.25, 0.3) is 0 Å². The number of hydrogen-bond acceptors (Lipinski definition) is 5. The molecule has 1 unspecified atom stereocenters. The number of carbonyl (C=O) groups excluding carboxylic acids is 1. The van der Waals surface area contributed by atoms with Crippen molar-refractivity contribution in [3.63, 3.8) is 0 Å². The molecule has 0 N–H and O–H groups in total. The van der Waals surface area contributed by atoms with Gasteiger partial charge in [0.2, 0.25) is 0 Å². The Morgan fingerprint density at radius 1 is 1.07 bits per heavy atom. The first-order valence-corrected chi connectivity index (χ1v) is 10.1. The number of hydrogen-bond donors (Lipinski definition) is 0. The van der Waals surface area contributed by atoms with Crippen LogP contribution in [0.2, 0.25) is 0 Å². The van der Waals surface area contributed by atoms with E-state index in [1.807, 2.05) is 61.5 Å². The second kappa shape index (κ2) is 8.49. The monoisotopic (exact) mass is 400 g/mol. The fourth-order valence-corrected chi connectivity index (χ4v) is 3.86. The van der Waals surface area contributed by atoms with E-state index in [0.29, 0.717) is 12.2 Å². The lowest BCUT2D eigenvalue weighted by molar-refractivity contribution is -0.142. The van der Waals surface area contributed by atoms with Crippen LogP contribution >= 0.6 is 0 Å². The zero-order chi connectivity index (χ0) is 21.1. The first-order valence-electron chi connectivity index (χ1n) is 10.1. The molecule has 2 aromatic heterocycles. The largest absolute Gasteiger partial charge is 0.469 e. The summed E-state index contributed by atoms with van der Waals surface area (Å²) >= 11 is 0. The molecule has 2 aromatic carbocycles. The molecule has 0 aliphatic carbocycles. The van der Waals surface area contributed by atoms with Crippen molar-refractivity contribution in [1.82, 2.24) is 9.97 Å². The summed E-state index contributed by atoms with van der Waals surface area (Å²) in [5.74, 6) is -0.0409. The standard InChI is InChI=1S/C25H24N2O3/c1-4-8-20(25(28)29-3)22-16(2)26-24(17-9-6-5-7-10-17)27-23(22)19-11-12-21-18(15-19)13-14-30-21/h5-7,9-15,20H,4,8H2,1-3H3. The third-order valence-electron chi connectivity index (χ3n) is 5.31. The highest BCUT2D eigenvalue weighted by Gasteiger charge is 2.28. The molecule has 0 radical (unpaired) electrons. The number of rotatable bonds is 6. The maximum Gasteiger partial charge on any atom is 0.313 e. The number of aryl methyl sites for hydroxylation is 1. The molecule has 5 nitrogen and oxygen atoms in total. The summed E-state index contributed by atoms with van der Waals surface area (Å²) in [5, 5.41) is 0.987. The molecule has 0 bridgehead atoms. The van der Waals surface area contributed by atoms with Crippen molar-refractivity contribution in [2.24, 2.45) is 0 Å². The summed E-state index contributed by atoms with van der Waals surface area (Å²) in [6, 6.07) is 17.7. The van der Waals surface area contributed by atoms with Crippen LogP contribution in [0.4, 0.5) is 0 Å². The van der Waals surface area contributed by atoms with Crippen molar-refractivity contribution in [3.05, 3.63) is 72.1 Å². The van der Waals surface area contributed by atoms with Crippen molar-refractivity contribution in [1.29, 1.82) is 0 Å². The Morgan fingerprint density at radius 2 is 1.87 bits per heavy atom. The smallest absolute Gasteiger partial charge is 0.313 e. The average molecular weight is 400 g/mol. The zero-order valence-electron chi connectivity index (χ0n) is 17.4. The first kappa shape index (κ1) is 19.8. The van der Waals surface area contributed by atoms with Gasteiger partial charge in [-0.15, -0.1) is 0 Å². The topological polar surface area (TPSA) is 65.2 Å². The summed E-state index contributed by atoms with van der Waals surface area (Å²) < 4.78 is 10.6. The Kier molecular flexibility index (Phi) is 5.61. The summed E-state index contributed by atoms with van der Waals surface area (Å²) in [4.78, 5) is 22.4. The van der Waals surface area contributed by atoms with Gasteiger partial charge in [-0.2, -0.15) is 0 Å². The molecule has 0 aliphatic heterocycles. The Bertz CT molecular complexity index is 1180. The SMILES string of the molecule is CCCC(C(=O)OC)c1c(C)nc(-c2ccccc2)nc1-c1ccc2occc2c1. The minimum Gasteiger partial charge on any atom is -0.469 e. The van der Waals surface area contributed by atoms with E-state index >= 15 is 0 Å². The number of esters is 1. The molecule has 5 heteroatoms. The van der Waals surface area contributed by atoms with E-state index in [9.17, 15) is 4.79 Å². The summed E-state index contributed by atoms with van der Waals surface area (Å²) in [5.41, 5.74) is 5.04. The molecule has 0 amide bonds. The quantitative estimate of drug-likeness (QED) is 0.376. The summed E-state index contributed by atoms with van der Waals surface area (Å²) in [6.07, 6.45) is 3.19. The third-order valence-corrected chi connectivity index (χ3v) is 5.31. The zero-order valence-corrected chi connectivity index (χ0v) is 17.4. The van der Waals surface area contributed by atoms with Crippen molar-refractivity contribution in [2.75, 3.05) is 7.11 Å². The Morgan fingerprint density at radius 3 is 2.60 bits per heavy atom. The average Bonchev–Trinajstić information content (AvgIpc) is 3.25. The lowest BCUT2D eigenvalue weighted by Gasteiger charge is -2.20. The van der Waals surface area contributed by atoms with E-state index in [1.54, 1.807) is 6.26 Å². The predicted octanol–water partition coefficient (Wildman–Crippen LogP) is 5.92. The number of ether oxygens (including phenoxy) is 1. The van der Waals surface area contributed by atoms with E-state index < -0.39 is 5.92 Å². The highest BCUT2D eigenvalue weighted by molar-refractivity contribution is 5.86. The molecule has 4 rings (SSSR count). The lowest BCUT2D eigenvalue weighted by atomic mass is 9.89. The van der Waals surface area contributed by atoms with Crippen LogP contribution in [0.5, 0.6) is 0 Å². The highest BCUT2D eigenvalue weighted by Crippen LogP contribution is 2.36. The van der Waals surface area contributed by atoms with Gasteiger partial charge in [-0.25, -0.2) is 9.97 Å². The number of methoxy groups -OCH3 is 1. The van der Waals surface area contributed by atoms with Crippen LogP contribution in [0.15, 0.2) is 65.3 Å². The summed E-state index contributed by atoms with van der Waals surface area (Å²) in [6.45, 7) is 4.00. The van der Waals surface area contributed by atoms with Crippen LogP contribution in [0.3, 0.4) is 0 Å². The Labute approximate surface area is 175 Å². The molecule has 4 aromatic rings. The van der Waals surface area contributed by atoms with Crippen LogP contribution in [-0.4, -0.2) is 23.0 Å². The minimum absolute atomic E-state index is 0.262. The second-order valence-corrected chi connectivity index (χ2v) is 7.30. The van der Waals surface area contributed by atoms with Crippen molar-refractivity contribution in [3.8, 4) is 22.6 Å². The fraction of sp³-hybridized carbons (Fsp3) is 0.240. The molecule has 0 aliphatic rings. The number of fused-ring (bicyclic) bond motifs is 1. The van der Waals surface area contributed by atoms with Crippen molar-refractivity contribution in [2.45, 2.75) is 32.6 Å². The van der Waals surface area contributed by atoms with Gasteiger partial charge >= 0.3 is 5.97 Å². The molecule has 2 heterocycles. The maximum atomic E-state index is 12.7. The van der Waals surface area contributed by atoms with Crippen molar-refractivity contribution < 1.29 is 13.9 Å². The van der Waals surface area contributed by atoms with Crippen LogP contribution < -0.4 is 0 Å². The van der Waals surface area contributed by atoms with Gasteiger partial charge in [0.1, 0.15) is 5.58 Å². The van der Waals surface area contributed by atoms with Crippen molar-refractivity contribution >= 4 is 16.9 Å². The Balaban J connectivity index is 1.97. The number of furan rings is 1. The van der Waals surface area contributed by atoms with Crippen LogP contribution in [0.25, 0.3) is 33.6 Å². The van der Waals surface area contributed by atoms with Gasteiger partial charge in [-0.1, -0.05) is 43.7 Å².